The monoisotopic (exact) mass is 678 g/mol. The topological polar surface area (TPSA) is 151 Å². The summed E-state index contributed by atoms with van der Waals surface area (Å²) in [5, 5.41) is 8.68. The van der Waals surface area contributed by atoms with Crippen LogP contribution in [-0.2, 0) is 41.7 Å². The van der Waals surface area contributed by atoms with Crippen LogP contribution in [0.15, 0.2) is 67.0 Å². The van der Waals surface area contributed by atoms with Crippen LogP contribution in [0, 0.1) is 0 Å². The molecule has 1 unspecified atom stereocenters. The van der Waals surface area contributed by atoms with Gasteiger partial charge in [0, 0.05) is 45.7 Å². The van der Waals surface area contributed by atoms with Crippen LogP contribution in [0.2, 0.25) is 0 Å². The van der Waals surface area contributed by atoms with Crippen molar-refractivity contribution in [1.29, 1.82) is 0 Å². The van der Waals surface area contributed by atoms with Gasteiger partial charge in [0.2, 0.25) is 11.8 Å². The van der Waals surface area contributed by atoms with E-state index in [1.54, 1.807) is 50.2 Å². The molecule has 13 heteroatoms. The van der Waals surface area contributed by atoms with Crippen LogP contribution in [0.3, 0.4) is 0 Å². The molecule has 0 aliphatic rings. The number of nitrogens with one attached hydrogen (secondary N) is 3. The second-order valence-corrected chi connectivity index (χ2v) is 12.5. The van der Waals surface area contributed by atoms with Crippen molar-refractivity contribution in [2.24, 2.45) is 0 Å². The largest absolute Gasteiger partial charge is 0.460 e. The van der Waals surface area contributed by atoms with E-state index in [1.165, 1.54) is 12.1 Å². The van der Waals surface area contributed by atoms with Crippen LogP contribution in [0.5, 0.6) is 0 Å². The number of likely N-dealkylation sites (N-methyl/N-ethyl adjacent to an activating group) is 1. The number of pyridine rings is 1. The summed E-state index contributed by atoms with van der Waals surface area (Å²) < 4.78 is 17.3. The number of benzene rings is 2. The van der Waals surface area contributed by atoms with Crippen LogP contribution in [-0.4, -0.2) is 89.5 Å². The molecule has 1 heterocycles. The number of fused-ring (bicyclic) bond motifs is 1. The number of carbonyl (C=O) groups is 4. The molecular formula is C36H50N6O7. The molecule has 0 aliphatic carbocycles. The lowest BCUT2D eigenvalue weighted by atomic mass is 10.0. The Morgan fingerprint density at radius 1 is 0.918 bits per heavy atom. The van der Waals surface area contributed by atoms with E-state index in [1.807, 2.05) is 63.2 Å². The van der Waals surface area contributed by atoms with Crippen LogP contribution in [0.4, 0.5) is 4.79 Å². The highest BCUT2D eigenvalue weighted by Gasteiger charge is 2.36. The van der Waals surface area contributed by atoms with E-state index in [2.05, 4.69) is 21.0 Å². The number of urea groups is 1. The highest BCUT2D eigenvalue weighted by Crippen LogP contribution is 2.24. The molecule has 4 amide bonds. The number of rotatable bonds is 17. The summed E-state index contributed by atoms with van der Waals surface area (Å²) in [6.45, 7) is 11.5. The van der Waals surface area contributed by atoms with E-state index in [0.717, 1.165) is 21.9 Å². The summed E-state index contributed by atoms with van der Waals surface area (Å²) in [5.74, 6) is -1.77. The maximum atomic E-state index is 14.6. The van der Waals surface area contributed by atoms with Gasteiger partial charge < -0.3 is 29.7 Å². The summed E-state index contributed by atoms with van der Waals surface area (Å²) in [6, 6.07) is 14.8. The van der Waals surface area contributed by atoms with E-state index in [9.17, 15) is 19.2 Å². The van der Waals surface area contributed by atoms with Gasteiger partial charge in [-0.2, -0.15) is 0 Å². The first-order valence-electron chi connectivity index (χ1n) is 16.5. The fourth-order valence-electron chi connectivity index (χ4n) is 5.18. The number of amides is 4. The standard InChI is InChI=1S/C36H50N6O7/c1-8-47-34(48-9-2)25(3)42(23-28-15-12-14-27-13-10-11-16-29(27)28)33(45)30(21-32(44)49-36(4,5)6)39-31(43)24-41(7)40-35(46)38-22-26-17-19-37-20-18-26/h10-20,25,30,34H,8-9,21-24H2,1-7H3,(H,39,43)(H2,38,40,46)/t25-,30?/m0/s1. The molecule has 0 saturated heterocycles. The first-order valence-corrected chi connectivity index (χ1v) is 16.5. The zero-order valence-electron chi connectivity index (χ0n) is 29.5. The molecule has 266 valence electrons. The first-order chi connectivity index (χ1) is 23.3. The van der Waals surface area contributed by atoms with E-state index < -0.39 is 54.2 Å². The highest BCUT2D eigenvalue weighted by molar-refractivity contribution is 5.92. The van der Waals surface area contributed by atoms with Crippen molar-refractivity contribution in [3.8, 4) is 0 Å². The Labute approximate surface area is 288 Å². The third-order valence-corrected chi connectivity index (χ3v) is 7.35. The molecule has 13 nitrogen and oxygen atoms in total. The first kappa shape index (κ1) is 38.9. The predicted octanol–water partition coefficient (Wildman–Crippen LogP) is 3.91. The fourth-order valence-corrected chi connectivity index (χ4v) is 5.18. The van der Waals surface area contributed by atoms with Crippen LogP contribution in [0.25, 0.3) is 10.8 Å². The van der Waals surface area contributed by atoms with Crippen LogP contribution < -0.4 is 16.1 Å². The SMILES string of the molecule is CCOC(OCC)[C@H](C)N(Cc1cccc2ccccc12)C(=O)C(CC(=O)OC(C)(C)C)NC(=O)CN(C)NC(=O)NCc1ccncc1. The molecule has 0 radical (unpaired) electrons. The van der Waals surface area contributed by atoms with Gasteiger partial charge in [-0.15, -0.1) is 0 Å². The van der Waals surface area contributed by atoms with E-state index in [-0.39, 0.29) is 19.6 Å². The summed E-state index contributed by atoms with van der Waals surface area (Å²) in [7, 11) is 1.51. The second kappa shape index (κ2) is 18.8. The van der Waals surface area contributed by atoms with Gasteiger partial charge in [-0.1, -0.05) is 42.5 Å². The maximum Gasteiger partial charge on any atom is 0.329 e. The smallest absolute Gasteiger partial charge is 0.329 e. The Morgan fingerprint density at radius 2 is 1.57 bits per heavy atom. The average Bonchev–Trinajstić information content (AvgIpc) is 3.04. The van der Waals surface area contributed by atoms with Gasteiger partial charge in [-0.05, 0) is 75.6 Å². The van der Waals surface area contributed by atoms with Crippen LogP contribution in [0.1, 0.15) is 59.1 Å². The molecule has 0 fully saturated rings. The number of ether oxygens (including phenoxy) is 3. The van der Waals surface area contributed by atoms with Gasteiger partial charge in [0.25, 0.3) is 0 Å². The van der Waals surface area contributed by atoms with Crippen molar-refractivity contribution in [1.82, 2.24) is 31.0 Å². The normalized spacial score (nSPS) is 12.8. The van der Waals surface area contributed by atoms with Gasteiger partial charge >= 0.3 is 12.0 Å². The molecule has 0 aliphatic heterocycles. The van der Waals surface area contributed by atoms with Crippen LogP contribution >= 0.6 is 0 Å². The molecular weight excluding hydrogens is 628 g/mol. The number of hydrogen-bond acceptors (Lipinski definition) is 9. The van der Waals surface area contributed by atoms with Gasteiger partial charge in [-0.3, -0.25) is 24.8 Å². The van der Waals surface area contributed by atoms with Gasteiger partial charge in [0.05, 0.1) is 19.0 Å². The quantitative estimate of drug-likeness (QED) is 0.110. The molecule has 49 heavy (non-hydrogen) atoms. The van der Waals surface area contributed by atoms with Crippen molar-refractivity contribution in [3.05, 3.63) is 78.1 Å². The van der Waals surface area contributed by atoms with Crippen molar-refractivity contribution in [2.45, 2.75) is 85.0 Å². The zero-order valence-corrected chi connectivity index (χ0v) is 29.5. The Bertz CT molecular complexity index is 1520. The molecule has 1 aromatic heterocycles. The van der Waals surface area contributed by atoms with E-state index in [4.69, 9.17) is 14.2 Å². The van der Waals surface area contributed by atoms with Gasteiger partial charge in [0.15, 0.2) is 6.29 Å². The minimum absolute atomic E-state index is 0.151. The number of esters is 1. The zero-order chi connectivity index (χ0) is 36.0. The summed E-state index contributed by atoms with van der Waals surface area (Å²) in [6.07, 6.45) is 2.06. The second-order valence-electron chi connectivity index (χ2n) is 12.5. The summed E-state index contributed by atoms with van der Waals surface area (Å²) in [4.78, 5) is 59.0. The van der Waals surface area contributed by atoms with Crippen molar-refractivity contribution < 1.29 is 33.4 Å². The number of hydrazine groups is 1. The number of aromatic nitrogens is 1. The Morgan fingerprint density at radius 3 is 2.22 bits per heavy atom. The molecule has 3 N–H and O–H groups in total. The molecule has 2 atom stereocenters. The number of nitrogens with zero attached hydrogens (tertiary/aromatic N) is 3. The third kappa shape index (κ3) is 12.7. The Hall–Kier alpha value is -4.59. The fraction of sp³-hybridized carbons (Fsp3) is 0.472. The Balaban J connectivity index is 1.86. The van der Waals surface area contributed by atoms with Gasteiger partial charge in [-0.25, -0.2) is 9.80 Å². The lowest BCUT2D eigenvalue weighted by molar-refractivity contribution is -0.180. The number of carbonyl (C=O) groups excluding carboxylic acids is 4. The third-order valence-electron chi connectivity index (χ3n) is 7.35. The van der Waals surface area contributed by atoms with Crippen molar-refractivity contribution in [3.63, 3.8) is 0 Å². The maximum absolute atomic E-state index is 14.6. The van der Waals surface area contributed by atoms with E-state index in [0.29, 0.717) is 13.2 Å². The minimum atomic E-state index is -1.29. The molecule has 0 saturated carbocycles. The lowest BCUT2D eigenvalue weighted by Gasteiger charge is -2.37. The predicted molar refractivity (Wildman–Crippen MR) is 186 cm³/mol. The summed E-state index contributed by atoms with van der Waals surface area (Å²) in [5.41, 5.74) is 3.49. The molecule has 0 bridgehead atoms. The molecule has 2 aromatic carbocycles. The van der Waals surface area contributed by atoms with Crippen molar-refractivity contribution in [2.75, 3.05) is 26.8 Å². The van der Waals surface area contributed by atoms with Gasteiger partial charge in [0.1, 0.15) is 11.6 Å². The molecule has 0 spiro atoms. The summed E-state index contributed by atoms with van der Waals surface area (Å²) >= 11 is 0. The van der Waals surface area contributed by atoms with E-state index >= 15 is 0 Å². The highest BCUT2D eigenvalue weighted by atomic mass is 16.7. The number of hydrogen-bond donors (Lipinski definition) is 3. The average molecular weight is 679 g/mol. The minimum Gasteiger partial charge on any atom is -0.460 e. The van der Waals surface area contributed by atoms with Crippen molar-refractivity contribution >= 4 is 34.6 Å². The lowest BCUT2D eigenvalue weighted by Crippen LogP contribution is -2.56. The molecule has 3 rings (SSSR count). The Kier molecular flexibility index (Phi) is 14.9. The molecule has 3 aromatic rings.